The third kappa shape index (κ3) is 3.67. The number of nitrogens with zero attached hydrogens (tertiary/aromatic N) is 2. The summed E-state index contributed by atoms with van der Waals surface area (Å²) in [6, 6.07) is 2.07. The van der Waals surface area contributed by atoms with Crippen molar-refractivity contribution in [2.45, 2.75) is 46.8 Å². The third-order valence-electron chi connectivity index (χ3n) is 3.33. The minimum atomic E-state index is 0.213. The van der Waals surface area contributed by atoms with Gasteiger partial charge in [-0.05, 0) is 30.7 Å². The highest BCUT2D eigenvalue weighted by Gasteiger charge is 2.11. The van der Waals surface area contributed by atoms with Crippen molar-refractivity contribution in [3.05, 3.63) is 17.3 Å². The summed E-state index contributed by atoms with van der Waals surface area (Å²) in [5, 5.41) is 6.53. The van der Waals surface area contributed by atoms with Gasteiger partial charge >= 0.3 is 0 Å². The fraction of sp³-hybridized carbons (Fsp3) is 0.600. The van der Waals surface area contributed by atoms with Crippen LogP contribution in [-0.4, -0.2) is 22.6 Å². The quantitative estimate of drug-likeness (QED) is 0.835. The summed E-state index contributed by atoms with van der Waals surface area (Å²) in [5.74, 6) is 2.18. The van der Waals surface area contributed by atoms with E-state index in [1.165, 1.54) is 0 Å². The van der Waals surface area contributed by atoms with Crippen molar-refractivity contribution in [2.75, 3.05) is 11.9 Å². The average Bonchev–Trinajstić information content (AvgIpc) is 2.90. The second-order valence-corrected chi connectivity index (χ2v) is 6.21. The van der Waals surface area contributed by atoms with Crippen molar-refractivity contribution in [1.82, 2.24) is 9.97 Å². The zero-order valence-electron chi connectivity index (χ0n) is 12.6. The second-order valence-electron chi connectivity index (χ2n) is 5.31. The highest BCUT2D eigenvalue weighted by atomic mass is 32.1. The zero-order chi connectivity index (χ0) is 14.5. The van der Waals surface area contributed by atoms with Crippen LogP contribution in [0.15, 0.2) is 11.4 Å². The van der Waals surface area contributed by atoms with Gasteiger partial charge in [0.2, 0.25) is 0 Å². The van der Waals surface area contributed by atoms with Gasteiger partial charge in [-0.3, -0.25) is 0 Å². The van der Waals surface area contributed by atoms with Gasteiger partial charge in [-0.25, -0.2) is 9.97 Å². The van der Waals surface area contributed by atoms with E-state index in [1.807, 2.05) is 0 Å². The summed E-state index contributed by atoms with van der Waals surface area (Å²) in [4.78, 5) is 10.2. The first kappa shape index (κ1) is 15.2. The monoisotopic (exact) mass is 293 g/mol. The normalized spacial score (nSPS) is 13.1. The van der Waals surface area contributed by atoms with Crippen LogP contribution in [-0.2, 0) is 11.3 Å². The van der Waals surface area contributed by atoms with E-state index in [0.717, 1.165) is 34.8 Å². The highest BCUT2D eigenvalue weighted by Crippen LogP contribution is 2.25. The fourth-order valence-corrected chi connectivity index (χ4v) is 2.52. The van der Waals surface area contributed by atoms with E-state index < -0.39 is 0 Å². The Morgan fingerprint density at radius 2 is 2.10 bits per heavy atom. The first-order valence-corrected chi connectivity index (χ1v) is 8.09. The zero-order valence-corrected chi connectivity index (χ0v) is 13.5. The van der Waals surface area contributed by atoms with Crippen LogP contribution in [0.25, 0.3) is 10.2 Å². The Hall–Kier alpha value is -1.20. The molecule has 110 valence electrons. The Kier molecular flexibility index (Phi) is 5.31. The van der Waals surface area contributed by atoms with Gasteiger partial charge in [-0.2, -0.15) is 0 Å². The number of aromatic nitrogens is 2. The lowest BCUT2D eigenvalue weighted by molar-refractivity contribution is 0.0202. The molecule has 2 aromatic heterocycles. The molecule has 0 aliphatic heterocycles. The number of hydrogen-bond acceptors (Lipinski definition) is 5. The predicted octanol–water partition coefficient (Wildman–Crippen LogP) is 4.07. The molecule has 0 aromatic carbocycles. The summed E-state index contributed by atoms with van der Waals surface area (Å²) in [6.45, 7) is 9.93. The van der Waals surface area contributed by atoms with Crippen LogP contribution in [0.3, 0.4) is 0 Å². The lowest BCUT2D eigenvalue weighted by Crippen LogP contribution is -2.16. The van der Waals surface area contributed by atoms with Crippen LogP contribution in [0.2, 0.25) is 0 Å². The van der Waals surface area contributed by atoms with Crippen LogP contribution in [0.4, 0.5) is 5.82 Å². The number of anilines is 1. The van der Waals surface area contributed by atoms with Gasteiger partial charge in [0.05, 0.1) is 11.5 Å². The molecule has 0 saturated heterocycles. The molecule has 1 atom stereocenters. The van der Waals surface area contributed by atoms with Crippen LogP contribution < -0.4 is 5.32 Å². The fourth-order valence-electron chi connectivity index (χ4n) is 1.74. The smallest absolute Gasteiger partial charge is 0.158 e. The van der Waals surface area contributed by atoms with E-state index in [1.54, 1.807) is 11.3 Å². The maximum Gasteiger partial charge on any atom is 0.158 e. The van der Waals surface area contributed by atoms with Crippen LogP contribution in [0.5, 0.6) is 0 Å². The van der Waals surface area contributed by atoms with E-state index >= 15 is 0 Å². The standard InChI is InChI=1S/C15H23N3OS/c1-5-7-16-14-12-6-8-20-15(12)18-13(17-14)9-19-11(4)10(2)3/h6,8,10-11H,5,7,9H2,1-4H3,(H,16,17,18). The Labute approximate surface area is 124 Å². The Morgan fingerprint density at radius 1 is 1.30 bits per heavy atom. The lowest BCUT2D eigenvalue weighted by atomic mass is 10.1. The van der Waals surface area contributed by atoms with E-state index in [-0.39, 0.29) is 6.10 Å². The van der Waals surface area contributed by atoms with E-state index in [9.17, 15) is 0 Å². The van der Waals surface area contributed by atoms with Crippen molar-refractivity contribution >= 4 is 27.4 Å². The second kappa shape index (κ2) is 6.99. The minimum Gasteiger partial charge on any atom is -0.370 e. The van der Waals surface area contributed by atoms with Gasteiger partial charge < -0.3 is 10.1 Å². The molecular weight excluding hydrogens is 270 g/mol. The predicted molar refractivity (Wildman–Crippen MR) is 85.3 cm³/mol. The molecule has 0 aliphatic rings. The van der Waals surface area contributed by atoms with Crippen molar-refractivity contribution in [1.29, 1.82) is 0 Å². The Bertz CT molecular complexity index is 553. The number of fused-ring (bicyclic) bond motifs is 1. The largest absolute Gasteiger partial charge is 0.370 e. The van der Waals surface area contributed by atoms with Crippen LogP contribution in [0, 0.1) is 5.92 Å². The molecule has 0 saturated carbocycles. The molecule has 0 bridgehead atoms. The number of ether oxygens (including phenoxy) is 1. The average molecular weight is 293 g/mol. The van der Waals surface area contributed by atoms with Crippen molar-refractivity contribution < 1.29 is 4.74 Å². The van der Waals surface area contributed by atoms with Gasteiger partial charge in [0, 0.05) is 6.54 Å². The molecule has 20 heavy (non-hydrogen) atoms. The first-order valence-electron chi connectivity index (χ1n) is 7.21. The van der Waals surface area contributed by atoms with Gasteiger partial charge in [-0.15, -0.1) is 11.3 Å². The molecule has 4 nitrogen and oxygen atoms in total. The molecule has 1 N–H and O–H groups in total. The van der Waals surface area contributed by atoms with E-state index in [4.69, 9.17) is 4.74 Å². The molecule has 2 aromatic rings. The molecule has 1 unspecified atom stereocenters. The highest BCUT2D eigenvalue weighted by molar-refractivity contribution is 7.16. The maximum atomic E-state index is 5.83. The molecule has 2 heterocycles. The van der Waals surface area contributed by atoms with Gasteiger partial charge in [-0.1, -0.05) is 20.8 Å². The van der Waals surface area contributed by atoms with Gasteiger partial charge in [0.1, 0.15) is 17.3 Å². The summed E-state index contributed by atoms with van der Waals surface area (Å²) in [5.41, 5.74) is 0. The number of rotatable bonds is 7. The summed E-state index contributed by atoms with van der Waals surface area (Å²) in [6.07, 6.45) is 1.29. The molecule has 2 rings (SSSR count). The third-order valence-corrected chi connectivity index (χ3v) is 4.13. The Balaban J connectivity index is 2.16. The molecule has 5 heteroatoms. The summed E-state index contributed by atoms with van der Waals surface area (Å²) < 4.78 is 5.83. The molecule has 0 radical (unpaired) electrons. The van der Waals surface area contributed by atoms with Crippen molar-refractivity contribution in [3.8, 4) is 0 Å². The number of hydrogen-bond donors (Lipinski definition) is 1. The molecule has 0 spiro atoms. The summed E-state index contributed by atoms with van der Waals surface area (Å²) in [7, 11) is 0. The summed E-state index contributed by atoms with van der Waals surface area (Å²) >= 11 is 1.64. The minimum absolute atomic E-state index is 0.213. The molecule has 0 fully saturated rings. The lowest BCUT2D eigenvalue weighted by Gasteiger charge is -2.16. The topological polar surface area (TPSA) is 47.0 Å². The van der Waals surface area contributed by atoms with Crippen LogP contribution >= 0.6 is 11.3 Å². The maximum absolute atomic E-state index is 5.83. The van der Waals surface area contributed by atoms with E-state index in [0.29, 0.717) is 12.5 Å². The molecule has 0 amide bonds. The first-order chi connectivity index (χ1) is 9.61. The van der Waals surface area contributed by atoms with Gasteiger partial charge in [0.25, 0.3) is 0 Å². The number of nitrogens with one attached hydrogen (secondary N) is 1. The SMILES string of the molecule is CCCNc1nc(COC(C)C(C)C)nc2sccc12. The molecular formula is C15H23N3OS. The van der Waals surface area contributed by atoms with Crippen molar-refractivity contribution in [2.24, 2.45) is 5.92 Å². The van der Waals surface area contributed by atoms with Gasteiger partial charge in [0.15, 0.2) is 5.82 Å². The van der Waals surface area contributed by atoms with E-state index in [2.05, 4.69) is 54.4 Å². The number of thiophene rings is 1. The molecule has 0 aliphatic carbocycles. The van der Waals surface area contributed by atoms with Crippen molar-refractivity contribution in [3.63, 3.8) is 0 Å². The Morgan fingerprint density at radius 3 is 2.80 bits per heavy atom. The van der Waals surface area contributed by atoms with Crippen LogP contribution in [0.1, 0.15) is 39.9 Å².